The predicted octanol–water partition coefficient (Wildman–Crippen LogP) is 2.07. The molecule has 2 N–H and O–H groups in total. The van der Waals surface area contributed by atoms with Crippen LogP contribution in [0.2, 0.25) is 0 Å². The summed E-state index contributed by atoms with van der Waals surface area (Å²) in [4.78, 5) is 16.6. The van der Waals surface area contributed by atoms with Crippen LogP contribution in [0.4, 0.5) is 0 Å². The zero-order chi connectivity index (χ0) is 17.4. The summed E-state index contributed by atoms with van der Waals surface area (Å²) >= 11 is 0. The average Bonchev–Trinajstić information content (AvgIpc) is 3.06. The molecule has 2 rings (SSSR count). The lowest BCUT2D eigenvalue weighted by molar-refractivity contribution is -0.498. The van der Waals surface area contributed by atoms with E-state index in [-0.39, 0.29) is 5.84 Å². The molecule has 0 spiro atoms. The summed E-state index contributed by atoms with van der Waals surface area (Å²) in [7, 11) is 0. The van der Waals surface area contributed by atoms with E-state index in [4.69, 9.17) is 10.5 Å². The van der Waals surface area contributed by atoms with Crippen LogP contribution in [0.15, 0.2) is 29.3 Å². The molecule has 24 heavy (non-hydrogen) atoms. The highest BCUT2D eigenvalue weighted by Crippen LogP contribution is 2.17. The Morgan fingerprint density at radius 1 is 1.46 bits per heavy atom. The zero-order valence-electron chi connectivity index (χ0n) is 14.2. The number of nitrogens with zero attached hydrogens (tertiary/aromatic N) is 3. The van der Waals surface area contributed by atoms with Crippen LogP contribution in [0.1, 0.15) is 31.7 Å². The van der Waals surface area contributed by atoms with Crippen LogP contribution in [-0.2, 0) is 6.54 Å². The molecule has 1 saturated heterocycles. The van der Waals surface area contributed by atoms with Crippen molar-refractivity contribution >= 4 is 5.84 Å². The van der Waals surface area contributed by atoms with Crippen LogP contribution < -0.4 is 10.5 Å². The number of nitro groups is 1. The summed E-state index contributed by atoms with van der Waals surface area (Å²) < 4.78 is 5.74. The van der Waals surface area contributed by atoms with E-state index >= 15 is 0 Å². The Morgan fingerprint density at radius 3 is 2.92 bits per heavy atom. The van der Waals surface area contributed by atoms with Crippen LogP contribution in [0.5, 0.6) is 5.75 Å². The van der Waals surface area contributed by atoms with Gasteiger partial charge in [0.1, 0.15) is 5.75 Å². The molecule has 0 aromatic heterocycles. The van der Waals surface area contributed by atoms with Gasteiger partial charge in [-0.2, -0.15) is 0 Å². The van der Waals surface area contributed by atoms with Gasteiger partial charge in [0.2, 0.25) is 0 Å². The number of rotatable bonds is 9. The van der Waals surface area contributed by atoms with Gasteiger partial charge in [-0.25, -0.2) is 0 Å². The minimum absolute atomic E-state index is 0.0626. The van der Waals surface area contributed by atoms with Crippen LogP contribution >= 0.6 is 0 Å². The number of nitrogens with two attached hydrogens (primary N) is 1. The monoisotopic (exact) mass is 334 g/mol. The van der Waals surface area contributed by atoms with Crippen LogP contribution in [-0.4, -0.2) is 47.9 Å². The van der Waals surface area contributed by atoms with Crippen molar-refractivity contribution in [2.75, 3.05) is 26.2 Å². The van der Waals surface area contributed by atoms with Gasteiger partial charge in [0.05, 0.1) is 6.61 Å². The minimum atomic E-state index is -0.937. The Balaban J connectivity index is 1.72. The van der Waals surface area contributed by atoms with Crippen molar-refractivity contribution in [3.63, 3.8) is 0 Å². The Hall–Kier alpha value is -2.15. The van der Waals surface area contributed by atoms with Crippen molar-refractivity contribution in [3.05, 3.63) is 39.9 Å². The smallest absolute Gasteiger partial charge is 0.266 e. The number of likely N-dealkylation sites (tertiary alicyclic amines) is 1. The van der Waals surface area contributed by atoms with Crippen LogP contribution in [0.3, 0.4) is 0 Å². The van der Waals surface area contributed by atoms with Crippen molar-refractivity contribution in [3.8, 4) is 5.75 Å². The number of benzene rings is 1. The van der Waals surface area contributed by atoms with E-state index in [1.54, 1.807) is 0 Å². The molecule has 1 aliphatic rings. The fourth-order valence-electron chi connectivity index (χ4n) is 2.64. The highest BCUT2D eigenvalue weighted by molar-refractivity contribution is 5.84. The summed E-state index contributed by atoms with van der Waals surface area (Å²) in [6.45, 7) is 5.69. The number of hydrogen-bond acceptors (Lipinski definition) is 5. The maximum atomic E-state index is 10.6. The van der Waals surface area contributed by atoms with Crippen molar-refractivity contribution in [2.45, 2.75) is 38.8 Å². The Bertz CT molecular complexity index is 571. The molecule has 7 heteroatoms. The minimum Gasteiger partial charge on any atom is -0.494 e. The molecule has 1 unspecified atom stereocenters. The standard InChI is InChI=1S/C17H26N4O3/c1-14(21(22)23)17(18)19-8-5-11-24-16-7-4-6-15(12-16)13-20-9-2-3-10-20/h4,6-7,12,14H,2-3,5,8-11,13H2,1H3,(H2,18,19). The van der Waals surface area contributed by atoms with Gasteiger partial charge in [-0.3, -0.25) is 20.0 Å². The molecule has 7 nitrogen and oxygen atoms in total. The first-order valence-corrected chi connectivity index (χ1v) is 8.43. The van der Waals surface area contributed by atoms with Gasteiger partial charge < -0.3 is 10.5 Å². The molecule has 1 aromatic rings. The summed E-state index contributed by atoms with van der Waals surface area (Å²) in [5, 5.41) is 10.6. The number of ether oxygens (including phenoxy) is 1. The van der Waals surface area contributed by atoms with Gasteiger partial charge in [0.15, 0.2) is 5.84 Å². The van der Waals surface area contributed by atoms with E-state index in [0.717, 1.165) is 12.3 Å². The third-order valence-electron chi connectivity index (χ3n) is 4.11. The molecule has 1 aromatic carbocycles. The quantitative estimate of drug-likeness (QED) is 0.245. The van der Waals surface area contributed by atoms with Gasteiger partial charge in [0.25, 0.3) is 6.04 Å². The summed E-state index contributed by atoms with van der Waals surface area (Å²) in [5.74, 6) is 0.912. The lowest BCUT2D eigenvalue weighted by Gasteiger charge is -2.15. The van der Waals surface area contributed by atoms with E-state index in [1.807, 2.05) is 12.1 Å². The second-order valence-corrected chi connectivity index (χ2v) is 6.10. The molecule has 1 aliphatic heterocycles. The lowest BCUT2D eigenvalue weighted by atomic mass is 10.2. The highest BCUT2D eigenvalue weighted by Gasteiger charge is 2.17. The van der Waals surface area contributed by atoms with Gasteiger partial charge in [-0.15, -0.1) is 0 Å². The van der Waals surface area contributed by atoms with Gasteiger partial charge in [-0.05, 0) is 43.6 Å². The van der Waals surface area contributed by atoms with Crippen LogP contribution in [0, 0.1) is 10.1 Å². The van der Waals surface area contributed by atoms with E-state index in [0.29, 0.717) is 19.6 Å². The van der Waals surface area contributed by atoms with E-state index in [2.05, 4.69) is 22.0 Å². The Labute approximate surface area is 142 Å². The summed E-state index contributed by atoms with van der Waals surface area (Å²) in [5.41, 5.74) is 6.83. The predicted molar refractivity (Wildman–Crippen MR) is 94.0 cm³/mol. The first-order chi connectivity index (χ1) is 11.6. The second kappa shape index (κ2) is 9.22. The average molecular weight is 334 g/mol. The van der Waals surface area contributed by atoms with E-state index in [1.165, 1.54) is 38.4 Å². The van der Waals surface area contributed by atoms with Crippen molar-refractivity contribution < 1.29 is 9.66 Å². The Morgan fingerprint density at radius 2 is 2.21 bits per heavy atom. The topological polar surface area (TPSA) is 94.0 Å². The molecular weight excluding hydrogens is 308 g/mol. The van der Waals surface area contributed by atoms with Crippen molar-refractivity contribution in [2.24, 2.45) is 10.7 Å². The molecular formula is C17H26N4O3. The van der Waals surface area contributed by atoms with Crippen molar-refractivity contribution in [1.82, 2.24) is 4.90 Å². The zero-order valence-corrected chi connectivity index (χ0v) is 14.2. The van der Waals surface area contributed by atoms with E-state index < -0.39 is 11.0 Å². The SMILES string of the molecule is CC(C(N)=NCCCOc1cccc(CN2CCCC2)c1)[N+](=O)[O-]. The molecule has 0 saturated carbocycles. The maximum Gasteiger partial charge on any atom is 0.266 e. The normalized spacial score (nSPS) is 17.0. The third kappa shape index (κ3) is 5.81. The van der Waals surface area contributed by atoms with Crippen molar-refractivity contribution in [1.29, 1.82) is 0 Å². The molecule has 132 valence electrons. The number of aliphatic imine (C=N–C) groups is 1. The number of amidine groups is 1. The first-order valence-electron chi connectivity index (χ1n) is 8.43. The van der Waals surface area contributed by atoms with Gasteiger partial charge >= 0.3 is 0 Å². The van der Waals surface area contributed by atoms with E-state index in [9.17, 15) is 10.1 Å². The maximum absolute atomic E-state index is 10.6. The largest absolute Gasteiger partial charge is 0.494 e. The molecule has 1 atom stereocenters. The number of hydrogen-bond donors (Lipinski definition) is 1. The molecule has 0 aliphatic carbocycles. The summed E-state index contributed by atoms with van der Waals surface area (Å²) in [6, 6.07) is 7.21. The van der Waals surface area contributed by atoms with Gasteiger partial charge in [-0.1, -0.05) is 12.1 Å². The first kappa shape index (κ1) is 18.2. The van der Waals surface area contributed by atoms with Gasteiger partial charge in [0, 0.05) is 31.4 Å². The molecule has 1 heterocycles. The fourth-order valence-corrected chi connectivity index (χ4v) is 2.64. The Kier molecular flexibility index (Phi) is 6.99. The molecule has 0 radical (unpaired) electrons. The highest BCUT2D eigenvalue weighted by atomic mass is 16.6. The fraction of sp³-hybridized carbons (Fsp3) is 0.588. The third-order valence-corrected chi connectivity index (χ3v) is 4.11. The molecule has 0 bridgehead atoms. The molecule has 1 fully saturated rings. The lowest BCUT2D eigenvalue weighted by Crippen LogP contribution is -2.33. The molecule has 0 amide bonds. The second-order valence-electron chi connectivity index (χ2n) is 6.10. The summed E-state index contributed by atoms with van der Waals surface area (Å²) in [6.07, 6.45) is 3.24. The van der Waals surface area contributed by atoms with Crippen LogP contribution in [0.25, 0.3) is 0 Å².